The third kappa shape index (κ3) is 3.34. The number of hydrogen-bond donors (Lipinski definition) is 3. The van der Waals surface area contributed by atoms with Gasteiger partial charge in [0.05, 0.1) is 0 Å². The van der Waals surface area contributed by atoms with E-state index in [0.717, 1.165) is 12.8 Å². The van der Waals surface area contributed by atoms with Crippen LogP contribution >= 0.6 is 12.2 Å². The number of nitrogens with one attached hydrogen (secondary N) is 3. The van der Waals surface area contributed by atoms with Gasteiger partial charge in [-0.25, -0.2) is 0 Å². The molecule has 0 heterocycles. The van der Waals surface area contributed by atoms with Crippen molar-refractivity contribution < 1.29 is 4.79 Å². The van der Waals surface area contributed by atoms with Crippen LogP contribution in [0.3, 0.4) is 0 Å². The molecule has 0 aromatic heterocycles. The highest BCUT2D eigenvalue weighted by molar-refractivity contribution is 7.80. The zero-order chi connectivity index (χ0) is 10.7. The summed E-state index contributed by atoms with van der Waals surface area (Å²) in [5.41, 5.74) is 5.38. The Kier molecular flexibility index (Phi) is 3.41. The van der Waals surface area contributed by atoms with E-state index in [9.17, 15) is 4.79 Å². The number of carbonyl (C=O) groups is 1. The molecule has 2 aliphatic carbocycles. The molecule has 2 saturated carbocycles. The molecular weight excluding hydrogens is 210 g/mol. The van der Waals surface area contributed by atoms with Gasteiger partial charge in [-0.15, -0.1) is 0 Å². The Hall–Kier alpha value is -0.840. The second kappa shape index (κ2) is 4.79. The third-order valence-corrected chi connectivity index (χ3v) is 3.16. The minimum absolute atomic E-state index is 0.0607. The number of amides is 1. The molecule has 5 heteroatoms. The van der Waals surface area contributed by atoms with Crippen LogP contribution in [0.2, 0.25) is 0 Å². The summed E-state index contributed by atoms with van der Waals surface area (Å²) in [5.74, 6) is 0.275. The molecule has 1 amide bonds. The fourth-order valence-electron chi connectivity index (χ4n) is 1.86. The highest BCUT2D eigenvalue weighted by Crippen LogP contribution is 2.28. The lowest BCUT2D eigenvalue weighted by Gasteiger charge is -2.15. The number of hydrazine groups is 1. The molecule has 0 saturated heterocycles. The maximum absolute atomic E-state index is 11.3. The first kappa shape index (κ1) is 10.7. The van der Waals surface area contributed by atoms with E-state index in [1.54, 1.807) is 0 Å². The molecular formula is C10H17N3OS. The van der Waals surface area contributed by atoms with Gasteiger partial charge in [0, 0.05) is 12.0 Å². The fourth-order valence-corrected chi connectivity index (χ4v) is 2.08. The molecule has 2 fully saturated rings. The number of rotatable bonds is 2. The van der Waals surface area contributed by atoms with Crippen molar-refractivity contribution >= 4 is 23.2 Å². The lowest BCUT2D eigenvalue weighted by molar-refractivity contribution is -0.122. The largest absolute Gasteiger partial charge is 0.359 e. The van der Waals surface area contributed by atoms with Crippen molar-refractivity contribution in [3.05, 3.63) is 0 Å². The van der Waals surface area contributed by atoms with E-state index < -0.39 is 0 Å². The van der Waals surface area contributed by atoms with Crippen molar-refractivity contribution in [3.63, 3.8) is 0 Å². The average Bonchev–Trinajstić information content (AvgIpc) is 2.95. The lowest BCUT2D eigenvalue weighted by atomic mass is 10.3. The summed E-state index contributed by atoms with van der Waals surface area (Å²) in [6.45, 7) is 0. The van der Waals surface area contributed by atoms with Crippen LogP contribution in [0.1, 0.15) is 38.5 Å². The van der Waals surface area contributed by atoms with E-state index in [4.69, 9.17) is 12.2 Å². The summed E-state index contributed by atoms with van der Waals surface area (Å²) in [5, 5.41) is 3.74. The highest BCUT2D eigenvalue weighted by atomic mass is 32.1. The van der Waals surface area contributed by atoms with Crippen LogP contribution in [-0.2, 0) is 4.79 Å². The summed E-state index contributed by atoms with van der Waals surface area (Å²) >= 11 is 5.08. The molecule has 2 rings (SSSR count). The van der Waals surface area contributed by atoms with E-state index in [1.807, 2.05) is 0 Å². The Balaban J connectivity index is 1.61. The van der Waals surface area contributed by atoms with Crippen molar-refractivity contribution in [2.75, 3.05) is 0 Å². The van der Waals surface area contributed by atoms with Crippen LogP contribution in [0.25, 0.3) is 0 Å². The molecule has 15 heavy (non-hydrogen) atoms. The molecule has 0 aromatic carbocycles. The van der Waals surface area contributed by atoms with Gasteiger partial charge in [0.1, 0.15) is 0 Å². The SMILES string of the molecule is O=C(NNC(=S)NC1CCCC1)C1CC1. The minimum Gasteiger partial charge on any atom is -0.359 e. The standard InChI is InChI=1S/C10H17N3OS/c14-9(7-5-6-7)12-13-10(15)11-8-3-1-2-4-8/h7-8H,1-6H2,(H,12,14)(H2,11,13,15). The third-order valence-electron chi connectivity index (χ3n) is 2.94. The molecule has 0 aliphatic heterocycles. The predicted molar refractivity (Wildman–Crippen MR) is 62.0 cm³/mol. The molecule has 0 atom stereocenters. The summed E-state index contributed by atoms with van der Waals surface area (Å²) in [4.78, 5) is 11.3. The second-order valence-electron chi connectivity index (χ2n) is 4.34. The second-order valence-corrected chi connectivity index (χ2v) is 4.75. The molecule has 0 unspecified atom stereocenters. The van der Waals surface area contributed by atoms with Gasteiger partial charge in [-0.05, 0) is 37.9 Å². The van der Waals surface area contributed by atoms with Crippen molar-refractivity contribution in [3.8, 4) is 0 Å². The van der Waals surface area contributed by atoms with Crippen molar-refractivity contribution in [1.82, 2.24) is 16.2 Å². The van der Waals surface area contributed by atoms with Gasteiger partial charge < -0.3 is 5.32 Å². The van der Waals surface area contributed by atoms with Gasteiger partial charge in [-0.2, -0.15) is 0 Å². The van der Waals surface area contributed by atoms with E-state index in [1.165, 1.54) is 25.7 Å². The van der Waals surface area contributed by atoms with Crippen molar-refractivity contribution in [2.24, 2.45) is 5.92 Å². The summed E-state index contributed by atoms with van der Waals surface area (Å²) in [6.07, 6.45) is 6.92. The Morgan fingerprint density at radius 2 is 1.73 bits per heavy atom. The van der Waals surface area contributed by atoms with Crippen LogP contribution in [0.15, 0.2) is 0 Å². The average molecular weight is 227 g/mol. The van der Waals surface area contributed by atoms with Gasteiger partial charge in [0.25, 0.3) is 0 Å². The Morgan fingerprint density at radius 1 is 1.07 bits per heavy atom. The Bertz CT molecular complexity index is 259. The molecule has 0 spiro atoms. The first-order valence-electron chi connectivity index (χ1n) is 5.62. The van der Waals surface area contributed by atoms with Gasteiger partial charge in [0.2, 0.25) is 5.91 Å². The van der Waals surface area contributed by atoms with Gasteiger partial charge in [-0.3, -0.25) is 15.6 Å². The molecule has 2 aliphatic rings. The van der Waals surface area contributed by atoms with Gasteiger partial charge in [0.15, 0.2) is 5.11 Å². The van der Waals surface area contributed by atoms with Crippen LogP contribution in [0, 0.1) is 5.92 Å². The monoisotopic (exact) mass is 227 g/mol. The zero-order valence-corrected chi connectivity index (χ0v) is 9.53. The van der Waals surface area contributed by atoms with E-state index >= 15 is 0 Å². The molecule has 3 N–H and O–H groups in total. The number of thiocarbonyl (C=S) groups is 1. The maximum atomic E-state index is 11.3. The Labute approximate surface area is 95.2 Å². The smallest absolute Gasteiger partial charge is 0.241 e. The fraction of sp³-hybridized carbons (Fsp3) is 0.800. The molecule has 0 radical (unpaired) electrons. The molecule has 84 valence electrons. The van der Waals surface area contributed by atoms with E-state index in [2.05, 4.69) is 16.2 Å². The van der Waals surface area contributed by atoms with E-state index in [-0.39, 0.29) is 11.8 Å². The van der Waals surface area contributed by atoms with Crippen LogP contribution < -0.4 is 16.2 Å². The number of carbonyl (C=O) groups excluding carboxylic acids is 1. The van der Waals surface area contributed by atoms with Crippen LogP contribution in [0.5, 0.6) is 0 Å². The van der Waals surface area contributed by atoms with E-state index in [0.29, 0.717) is 11.2 Å². The van der Waals surface area contributed by atoms with Gasteiger partial charge >= 0.3 is 0 Å². The topological polar surface area (TPSA) is 53.2 Å². The number of hydrogen-bond acceptors (Lipinski definition) is 2. The summed E-state index contributed by atoms with van der Waals surface area (Å²) in [6, 6.07) is 0.489. The molecule has 4 nitrogen and oxygen atoms in total. The normalized spacial score (nSPS) is 21.1. The van der Waals surface area contributed by atoms with Crippen LogP contribution in [0.4, 0.5) is 0 Å². The zero-order valence-electron chi connectivity index (χ0n) is 8.71. The summed E-state index contributed by atoms with van der Waals surface area (Å²) in [7, 11) is 0. The van der Waals surface area contributed by atoms with Gasteiger partial charge in [-0.1, -0.05) is 12.8 Å². The molecule has 0 bridgehead atoms. The predicted octanol–water partition coefficient (Wildman–Crippen LogP) is 0.834. The lowest BCUT2D eigenvalue weighted by Crippen LogP contribution is -2.49. The maximum Gasteiger partial charge on any atom is 0.241 e. The van der Waals surface area contributed by atoms with Crippen molar-refractivity contribution in [2.45, 2.75) is 44.6 Å². The minimum atomic E-state index is 0.0607. The summed E-state index contributed by atoms with van der Waals surface area (Å²) < 4.78 is 0. The molecule has 0 aromatic rings. The first-order valence-corrected chi connectivity index (χ1v) is 6.03. The van der Waals surface area contributed by atoms with Crippen molar-refractivity contribution in [1.29, 1.82) is 0 Å². The highest BCUT2D eigenvalue weighted by Gasteiger charge is 2.29. The first-order chi connectivity index (χ1) is 7.25. The quantitative estimate of drug-likeness (QED) is 0.483. The Morgan fingerprint density at radius 3 is 2.33 bits per heavy atom. The van der Waals surface area contributed by atoms with Crippen LogP contribution in [-0.4, -0.2) is 17.1 Å².